The maximum atomic E-state index is 10.7. The van der Waals surface area contributed by atoms with E-state index in [9.17, 15) is 4.79 Å². The largest absolute Gasteiger partial charge is 0.500 e. The van der Waals surface area contributed by atoms with Crippen LogP contribution in [0.2, 0.25) is 6.04 Å². The van der Waals surface area contributed by atoms with E-state index in [1.165, 1.54) is 0 Å². The van der Waals surface area contributed by atoms with Gasteiger partial charge in [0.05, 0.1) is 5.56 Å². The number of hydrogen-bond donors (Lipinski definition) is 1. The minimum Gasteiger partial charge on any atom is -0.478 e. The summed E-state index contributed by atoms with van der Waals surface area (Å²) in [7, 11) is 2.18. The lowest BCUT2D eigenvalue weighted by atomic mass is 10.1. The Balaban J connectivity index is 2.65. The summed E-state index contributed by atoms with van der Waals surface area (Å²) in [6, 6.07) is 7.43. The van der Waals surface area contributed by atoms with E-state index in [-0.39, 0.29) is 5.56 Å². The summed E-state index contributed by atoms with van der Waals surface area (Å²) in [5.74, 6) is -0.920. The van der Waals surface area contributed by atoms with Crippen LogP contribution in [0.5, 0.6) is 0 Å². The molecule has 0 aliphatic heterocycles. The molecule has 0 aliphatic carbocycles. The third kappa shape index (κ3) is 3.64. The first-order chi connectivity index (χ1) is 8.56. The van der Waals surface area contributed by atoms with Gasteiger partial charge in [-0.2, -0.15) is 0 Å². The van der Waals surface area contributed by atoms with Gasteiger partial charge in [0.15, 0.2) is 0 Å². The van der Waals surface area contributed by atoms with Crippen LogP contribution in [-0.4, -0.2) is 41.2 Å². The van der Waals surface area contributed by atoms with Gasteiger partial charge in [0.25, 0.3) is 0 Å². The van der Waals surface area contributed by atoms with Gasteiger partial charge in [-0.15, -0.1) is 0 Å². The molecule has 5 nitrogen and oxygen atoms in total. The zero-order valence-electron chi connectivity index (χ0n) is 10.8. The van der Waals surface area contributed by atoms with E-state index < -0.39 is 14.8 Å². The van der Waals surface area contributed by atoms with Gasteiger partial charge in [0, 0.05) is 27.4 Å². The standard InChI is InChI=1S/C12H18O5Si/c1-15-18(16-2,17-3)9-8-10-4-6-11(7-5-10)12(13)14/h4-7H,8-9H2,1-3H3,(H,13,14). The molecule has 1 N–H and O–H groups in total. The molecule has 18 heavy (non-hydrogen) atoms. The van der Waals surface area contributed by atoms with Crippen LogP contribution in [0.15, 0.2) is 24.3 Å². The van der Waals surface area contributed by atoms with Gasteiger partial charge in [-0.3, -0.25) is 0 Å². The Morgan fingerprint density at radius 2 is 1.61 bits per heavy atom. The average Bonchev–Trinajstić information content (AvgIpc) is 2.41. The lowest BCUT2D eigenvalue weighted by molar-refractivity contribution is 0.0696. The molecule has 1 aromatic carbocycles. The molecular weight excluding hydrogens is 252 g/mol. The molecule has 0 heterocycles. The van der Waals surface area contributed by atoms with Crippen molar-refractivity contribution in [1.82, 2.24) is 0 Å². The van der Waals surface area contributed by atoms with E-state index >= 15 is 0 Å². The molecule has 1 aromatic rings. The maximum absolute atomic E-state index is 10.7. The quantitative estimate of drug-likeness (QED) is 0.765. The molecule has 0 saturated heterocycles. The highest BCUT2D eigenvalue weighted by atomic mass is 28.4. The number of aryl methyl sites for hydroxylation is 1. The first kappa shape index (κ1) is 14.8. The Labute approximate surface area is 108 Å². The zero-order valence-corrected chi connectivity index (χ0v) is 11.8. The normalized spacial score (nSPS) is 11.5. The van der Waals surface area contributed by atoms with Crippen LogP contribution < -0.4 is 0 Å². The molecule has 100 valence electrons. The Bertz CT molecular complexity index is 378. The van der Waals surface area contributed by atoms with Crippen molar-refractivity contribution >= 4 is 14.8 Å². The van der Waals surface area contributed by atoms with Crippen LogP contribution in [0.3, 0.4) is 0 Å². The maximum Gasteiger partial charge on any atom is 0.500 e. The number of carboxylic acids is 1. The second kappa shape index (κ2) is 6.65. The molecule has 0 atom stereocenters. The van der Waals surface area contributed by atoms with Gasteiger partial charge in [0.2, 0.25) is 0 Å². The number of aromatic carboxylic acids is 1. The molecular formula is C12H18O5Si. The molecule has 1 rings (SSSR count). The van der Waals surface area contributed by atoms with Crippen molar-refractivity contribution in [3.8, 4) is 0 Å². The molecule has 0 spiro atoms. The lowest BCUT2D eigenvalue weighted by Gasteiger charge is -2.24. The van der Waals surface area contributed by atoms with Gasteiger partial charge in [-0.25, -0.2) is 4.79 Å². The van der Waals surface area contributed by atoms with E-state index in [0.29, 0.717) is 6.04 Å². The van der Waals surface area contributed by atoms with Gasteiger partial charge in [0.1, 0.15) is 0 Å². The van der Waals surface area contributed by atoms with Crippen molar-refractivity contribution < 1.29 is 23.2 Å². The lowest BCUT2D eigenvalue weighted by Crippen LogP contribution is -2.43. The van der Waals surface area contributed by atoms with E-state index in [1.54, 1.807) is 45.6 Å². The molecule has 0 aromatic heterocycles. The average molecular weight is 270 g/mol. The molecule has 0 saturated carbocycles. The van der Waals surface area contributed by atoms with E-state index in [0.717, 1.165) is 12.0 Å². The summed E-state index contributed by atoms with van der Waals surface area (Å²) in [6.45, 7) is 0. The number of carboxylic acid groups (broad SMARTS) is 1. The topological polar surface area (TPSA) is 65.0 Å². The van der Waals surface area contributed by atoms with Crippen molar-refractivity contribution in [2.75, 3.05) is 21.3 Å². The van der Waals surface area contributed by atoms with Crippen molar-refractivity contribution in [1.29, 1.82) is 0 Å². The second-order valence-corrected chi connectivity index (χ2v) is 6.89. The fourth-order valence-electron chi connectivity index (χ4n) is 1.67. The van der Waals surface area contributed by atoms with Gasteiger partial charge in [-0.05, 0) is 24.1 Å². The highest BCUT2D eigenvalue weighted by Crippen LogP contribution is 2.17. The minimum atomic E-state index is -2.55. The zero-order chi connectivity index (χ0) is 13.6. The summed E-state index contributed by atoms with van der Waals surface area (Å²) < 4.78 is 16.0. The molecule has 0 bridgehead atoms. The van der Waals surface area contributed by atoms with E-state index in [2.05, 4.69) is 0 Å². The van der Waals surface area contributed by atoms with Crippen molar-refractivity contribution in [2.45, 2.75) is 12.5 Å². The highest BCUT2D eigenvalue weighted by Gasteiger charge is 2.37. The molecule has 6 heteroatoms. The summed E-state index contributed by atoms with van der Waals surface area (Å²) >= 11 is 0. The van der Waals surface area contributed by atoms with Crippen LogP contribution in [-0.2, 0) is 19.7 Å². The highest BCUT2D eigenvalue weighted by molar-refractivity contribution is 6.60. The summed E-state index contributed by atoms with van der Waals surface area (Å²) in [5.41, 5.74) is 1.32. The Morgan fingerprint density at radius 1 is 1.11 bits per heavy atom. The van der Waals surface area contributed by atoms with Crippen molar-refractivity contribution in [3.05, 3.63) is 35.4 Å². The number of hydrogen-bond acceptors (Lipinski definition) is 4. The molecule has 0 radical (unpaired) electrons. The monoisotopic (exact) mass is 270 g/mol. The first-order valence-corrected chi connectivity index (χ1v) is 7.48. The third-order valence-corrected chi connectivity index (χ3v) is 5.58. The van der Waals surface area contributed by atoms with Crippen molar-refractivity contribution in [3.63, 3.8) is 0 Å². The summed E-state index contributed by atoms with van der Waals surface area (Å²) in [6.07, 6.45) is 0.724. The third-order valence-electron chi connectivity index (χ3n) is 2.85. The predicted molar refractivity (Wildman–Crippen MR) is 68.7 cm³/mol. The molecule has 0 fully saturated rings. The first-order valence-electron chi connectivity index (χ1n) is 5.54. The fourth-order valence-corrected chi connectivity index (χ4v) is 3.37. The molecule has 0 aliphatic rings. The number of rotatable bonds is 7. The van der Waals surface area contributed by atoms with Crippen LogP contribution in [0.1, 0.15) is 15.9 Å². The molecule has 0 unspecified atom stereocenters. The Kier molecular flexibility index (Phi) is 5.48. The minimum absolute atomic E-state index is 0.285. The van der Waals surface area contributed by atoms with E-state index in [1.807, 2.05) is 0 Å². The summed E-state index contributed by atoms with van der Waals surface area (Å²) in [4.78, 5) is 10.7. The van der Waals surface area contributed by atoms with Gasteiger partial charge in [-0.1, -0.05) is 12.1 Å². The van der Waals surface area contributed by atoms with Crippen molar-refractivity contribution in [2.24, 2.45) is 0 Å². The number of carbonyl (C=O) groups is 1. The number of benzene rings is 1. The smallest absolute Gasteiger partial charge is 0.478 e. The fraction of sp³-hybridized carbons (Fsp3) is 0.417. The summed E-state index contributed by atoms with van der Waals surface area (Å²) in [5, 5.41) is 8.80. The van der Waals surface area contributed by atoms with Crippen LogP contribution in [0, 0.1) is 0 Å². The van der Waals surface area contributed by atoms with Crippen LogP contribution in [0.25, 0.3) is 0 Å². The van der Waals surface area contributed by atoms with Crippen LogP contribution >= 0.6 is 0 Å². The van der Waals surface area contributed by atoms with Gasteiger partial charge < -0.3 is 18.4 Å². The Hall–Kier alpha value is -1.21. The van der Waals surface area contributed by atoms with Gasteiger partial charge >= 0.3 is 14.8 Å². The van der Waals surface area contributed by atoms with E-state index in [4.69, 9.17) is 18.4 Å². The predicted octanol–water partition coefficient (Wildman–Crippen LogP) is 1.81. The second-order valence-electron chi connectivity index (χ2n) is 3.80. The Morgan fingerprint density at radius 3 is 2.00 bits per heavy atom. The van der Waals surface area contributed by atoms with Crippen LogP contribution in [0.4, 0.5) is 0 Å². The molecule has 0 amide bonds. The SMILES string of the molecule is CO[Si](CCc1ccc(C(=O)O)cc1)(OC)OC.